The van der Waals surface area contributed by atoms with Crippen molar-refractivity contribution in [3.05, 3.63) is 29.3 Å². The predicted octanol–water partition coefficient (Wildman–Crippen LogP) is 1.59. The Labute approximate surface area is 130 Å². The molecule has 0 saturated carbocycles. The van der Waals surface area contributed by atoms with Gasteiger partial charge in [0.05, 0.1) is 23.9 Å². The van der Waals surface area contributed by atoms with Gasteiger partial charge in [0, 0.05) is 39.1 Å². The van der Waals surface area contributed by atoms with Crippen molar-refractivity contribution in [1.82, 2.24) is 10.2 Å². The van der Waals surface area contributed by atoms with Gasteiger partial charge in [-0.3, -0.25) is 9.69 Å². The Hall–Kier alpha value is -1.30. The van der Waals surface area contributed by atoms with Crippen LogP contribution < -0.4 is 10.6 Å². The number of carbonyl (C=O) groups excluding carboxylic acids is 1. The number of carbonyl (C=O) groups is 1. The van der Waals surface area contributed by atoms with E-state index in [4.69, 9.17) is 16.3 Å². The molecule has 5 nitrogen and oxygen atoms in total. The molecule has 0 unspecified atom stereocenters. The van der Waals surface area contributed by atoms with Gasteiger partial charge in [0.15, 0.2) is 0 Å². The van der Waals surface area contributed by atoms with Gasteiger partial charge in [0.1, 0.15) is 0 Å². The van der Waals surface area contributed by atoms with Gasteiger partial charge in [-0.05, 0) is 12.1 Å². The highest BCUT2D eigenvalue weighted by atomic mass is 35.5. The Morgan fingerprint density at radius 2 is 2.00 bits per heavy atom. The predicted molar refractivity (Wildman–Crippen MR) is 84.8 cm³/mol. The van der Waals surface area contributed by atoms with E-state index >= 15 is 0 Å². The van der Waals surface area contributed by atoms with Crippen LogP contribution in [0.3, 0.4) is 0 Å². The van der Waals surface area contributed by atoms with Crippen LogP contribution in [0, 0.1) is 0 Å². The number of amides is 1. The van der Waals surface area contributed by atoms with Crippen molar-refractivity contribution in [2.45, 2.75) is 6.42 Å². The van der Waals surface area contributed by atoms with E-state index in [9.17, 15) is 4.79 Å². The highest BCUT2D eigenvalue weighted by Crippen LogP contribution is 2.19. The summed E-state index contributed by atoms with van der Waals surface area (Å²) in [7, 11) is 0. The topological polar surface area (TPSA) is 53.6 Å². The van der Waals surface area contributed by atoms with Gasteiger partial charge in [-0.1, -0.05) is 23.7 Å². The summed E-state index contributed by atoms with van der Waals surface area (Å²) in [5.41, 5.74) is 0.861. The molecule has 1 aromatic rings. The minimum absolute atomic E-state index is 0.0582. The standard InChI is InChI=1S/C15H22ClN3O2/c16-13-3-1-2-4-14(13)17-6-5-15(20)18-7-8-19-9-11-21-12-10-19/h1-4,17H,5-12H2,(H,18,20). The third-order valence-electron chi connectivity index (χ3n) is 3.40. The molecule has 116 valence electrons. The van der Waals surface area contributed by atoms with Crippen LogP contribution in [-0.4, -0.2) is 56.7 Å². The lowest BCUT2D eigenvalue weighted by Crippen LogP contribution is -2.41. The van der Waals surface area contributed by atoms with E-state index in [1.807, 2.05) is 24.3 Å². The van der Waals surface area contributed by atoms with E-state index in [0.29, 0.717) is 24.5 Å². The van der Waals surface area contributed by atoms with Crippen LogP contribution in [0.2, 0.25) is 5.02 Å². The van der Waals surface area contributed by atoms with E-state index in [-0.39, 0.29) is 5.91 Å². The largest absolute Gasteiger partial charge is 0.383 e. The van der Waals surface area contributed by atoms with E-state index < -0.39 is 0 Å². The van der Waals surface area contributed by atoms with E-state index in [1.165, 1.54) is 0 Å². The number of nitrogens with one attached hydrogen (secondary N) is 2. The molecule has 1 fully saturated rings. The Morgan fingerprint density at radius 1 is 1.24 bits per heavy atom. The van der Waals surface area contributed by atoms with Crippen LogP contribution in [0.25, 0.3) is 0 Å². The number of halogens is 1. The SMILES string of the molecule is O=C(CCNc1ccccc1Cl)NCCN1CCOCC1. The number of hydrogen-bond acceptors (Lipinski definition) is 4. The molecule has 2 N–H and O–H groups in total. The summed E-state index contributed by atoms with van der Waals surface area (Å²) in [4.78, 5) is 14.0. The van der Waals surface area contributed by atoms with E-state index in [1.54, 1.807) is 0 Å². The number of benzene rings is 1. The Morgan fingerprint density at radius 3 is 2.76 bits per heavy atom. The summed E-state index contributed by atoms with van der Waals surface area (Å²) < 4.78 is 5.28. The monoisotopic (exact) mass is 311 g/mol. The van der Waals surface area contributed by atoms with Gasteiger partial charge in [-0.2, -0.15) is 0 Å². The average molecular weight is 312 g/mol. The number of para-hydroxylation sites is 1. The molecule has 0 radical (unpaired) electrons. The maximum absolute atomic E-state index is 11.7. The van der Waals surface area contributed by atoms with Crippen molar-refractivity contribution in [2.24, 2.45) is 0 Å². The average Bonchev–Trinajstić information content (AvgIpc) is 2.50. The lowest BCUT2D eigenvalue weighted by molar-refractivity contribution is -0.120. The van der Waals surface area contributed by atoms with Gasteiger partial charge in [-0.25, -0.2) is 0 Å². The second-order valence-electron chi connectivity index (χ2n) is 4.96. The number of ether oxygens (including phenoxy) is 1. The maximum Gasteiger partial charge on any atom is 0.221 e. The zero-order valence-electron chi connectivity index (χ0n) is 12.1. The Bertz CT molecular complexity index is 450. The molecule has 21 heavy (non-hydrogen) atoms. The molecule has 1 aliphatic rings. The Balaban J connectivity index is 1.56. The van der Waals surface area contributed by atoms with Crippen LogP contribution in [0.5, 0.6) is 0 Å². The van der Waals surface area contributed by atoms with Crippen molar-refractivity contribution in [3.63, 3.8) is 0 Å². The van der Waals surface area contributed by atoms with Crippen molar-refractivity contribution < 1.29 is 9.53 Å². The molecular weight excluding hydrogens is 290 g/mol. The first-order valence-corrected chi connectivity index (χ1v) is 7.69. The summed E-state index contributed by atoms with van der Waals surface area (Å²) >= 11 is 6.03. The first-order valence-electron chi connectivity index (χ1n) is 7.31. The molecule has 0 spiro atoms. The summed E-state index contributed by atoms with van der Waals surface area (Å²) in [6.07, 6.45) is 0.439. The van der Waals surface area contributed by atoms with E-state index in [2.05, 4.69) is 15.5 Å². The normalized spacial score (nSPS) is 15.7. The fraction of sp³-hybridized carbons (Fsp3) is 0.533. The smallest absolute Gasteiger partial charge is 0.221 e. The van der Waals surface area contributed by atoms with Gasteiger partial charge >= 0.3 is 0 Å². The molecule has 0 aromatic heterocycles. The molecule has 0 atom stereocenters. The molecule has 2 rings (SSSR count). The first-order chi connectivity index (χ1) is 10.3. The number of nitrogens with zero attached hydrogens (tertiary/aromatic N) is 1. The molecule has 0 bridgehead atoms. The minimum Gasteiger partial charge on any atom is -0.383 e. The molecule has 1 aliphatic heterocycles. The highest BCUT2D eigenvalue weighted by Gasteiger charge is 2.10. The lowest BCUT2D eigenvalue weighted by atomic mass is 10.3. The Kier molecular flexibility index (Phi) is 6.79. The molecule has 1 amide bonds. The fourth-order valence-corrected chi connectivity index (χ4v) is 2.38. The van der Waals surface area contributed by atoms with Gasteiger partial charge in [0.2, 0.25) is 5.91 Å². The maximum atomic E-state index is 11.7. The van der Waals surface area contributed by atoms with Crippen molar-refractivity contribution in [1.29, 1.82) is 0 Å². The van der Waals surface area contributed by atoms with Gasteiger partial charge in [0.25, 0.3) is 0 Å². The lowest BCUT2D eigenvalue weighted by Gasteiger charge is -2.26. The highest BCUT2D eigenvalue weighted by molar-refractivity contribution is 6.33. The minimum atomic E-state index is 0.0582. The van der Waals surface area contributed by atoms with Gasteiger partial charge < -0.3 is 15.4 Å². The second kappa shape index (κ2) is 8.87. The van der Waals surface area contributed by atoms with Crippen LogP contribution in [-0.2, 0) is 9.53 Å². The van der Waals surface area contributed by atoms with Crippen LogP contribution >= 0.6 is 11.6 Å². The number of morpholine rings is 1. The third kappa shape index (κ3) is 5.91. The number of hydrogen-bond donors (Lipinski definition) is 2. The fourth-order valence-electron chi connectivity index (χ4n) is 2.18. The number of anilines is 1. The van der Waals surface area contributed by atoms with Crippen LogP contribution in [0.15, 0.2) is 24.3 Å². The zero-order valence-corrected chi connectivity index (χ0v) is 12.9. The van der Waals surface area contributed by atoms with E-state index in [0.717, 1.165) is 38.5 Å². The van der Waals surface area contributed by atoms with Gasteiger partial charge in [-0.15, -0.1) is 0 Å². The summed E-state index contributed by atoms with van der Waals surface area (Å²) in [5.74, 6) is 0.0582. The van der Waals surface area contributed by atoms with Crippen molar-refractivity contribution in [2.75, 3.05) is 51.3 Å². The molecule has 1 heterocycles. The number of rotatable bonds is 7. The summed E-state index contributed by atoms with van der Waals surface area (Å²) in [5, 5.41) is 6.77. The molecule has 6 heteroatoms. The molecular formula is C15H22ClN3O2. The van der Waals surface area contributed by atoms with Crippen LogP contribution in [0.1, 0.15) is 6.42 Å². The summed E-state index contributed by atoms with van der Waals surface area (Å²) in [6, 6.07) is 7.52. The molecule has 1 saturated heterocycles. The van der Waals surface area contributed by atoms with Crippen molar-refractivity contribution in [3.8, 4) is 0 Å². The molecule has 1 aromatic carbocycles. The second-order valence-corrected chi connectivity index (χ2v) is 5.37. The van der Waals surface area contributed by atoms with Crippen LogP contribution in [0.4, 0.5) is 5.69 Å². The van der Waals surface area contributed by atoms with Crippen molar-refractivity contribution >= 4 is 23.2 Å². The quantitative estimate of drug-likeness (QED) is 0.803. The third-order valence-corrected chi connectivity index (χ3v) is 3.72. The molecule has 0 aliphatic carbocycles. The first kappa shape index (κ1) is 16.1. The summed E-state index contributed by atoms with van der Waals surface area (Å²) in [6.45, 7) is 5.62. The zero-order chi connectivity index (χ0) is 14.9.